The minimum atomic E-state index is -0.145. The number of nitrogens with two attached hydrogens (primary N) is 1. The average Bonchev–Trinajstić information content (AvgIpc) is 2.97. The Bertz CT molecular complexity index is 737. The Kier molecular flexibility index (Phi) is 5.75. The molecule has 6 heteroatoms. The van der Waals surface area contributed by atoms with Gasteiger partial charge in [-0.1, -0.05) is 25.9 Å². The summed E-state index contributed by atoms with van der Waals surface area (Å²) in [6.45, 7) is 9.45. The first kappa shape index (κ1) is 21.8. The molecule has 6 nitrogen and oxygen atoms in total. The number of carbonyl (C=O) groups excluding carboxylic acids is 2. The van der Waals surface area contributed by atoms with Crippen molar-refractivity contribution in [3.05, 3.63) is 0 Å². The normalized spacial score (nSPS) is 46.7. The fraction of sp³-hybridized carbons (Fsp3) is 0.875. The standard InChI is InChI=1S/C24H39N3O3/c1-14-13-24(4)18-7-8-23(3)17(5-6-22(23)29)16(18)11-21(26-15(2)28)19(24)12-20(14)27-30-10-9-25/h14,16-19,21H,5-13,25H2,1-4H3,(H,26,28)/t14?,16-,17-,18-,19?,21-,23-,24+/m0/s1. The van der Waals surface area contributed by atoms with Crippen molar-refractivity contribution in [2.24, 2.45) is 51.3 Å². The summed E-state index contributed by atoms with van der Waals surface area (Å²) in [6.07, 6.45) is 6.85. The first-order valence-corrected chi connectivity index (χ1v) is 11.9. The zero-order valence-electron chi connectivity index (χ0n) is 19.1. The molecule has 0 aromatic carbocycles. The van der Waals surface area contributed by atoms with Crippen molar-refractivity contribution in [2.45, 2.75) is 78.7 Å². The van der Waals surface area contributed by atoms with Gasteiger partial charge >= 0.3 is 0 Å². The maximum absolute atomic E-state index is 12.7. The number of nitrogens with zero attached hydrogens (tertiary/aromatic N) is 1. The highest BCUT2D eigenvalue weighted by molar-refractivity contribution is 5.88. The Morgan fingerprint density at radius 1 is 1.27 bits per heavy atom. The summed E-state index contributed by atoms with van der Waals surface area (Å²) in [4.78, 5) is 30.3. The number of rotatable bonds is 4. The van der Waals surface area contributed by atoms with E-state index in [4.69, 9.17) is 10.6 Å². The third kappa shape index (κ3) is 3.39. The molecule has 3 N–H and O–H groups in total. The average molecular weight is 418 g/mol. The number of carbonyl (C=O) groups is 2. The van der Waals surface area contributed by atoms with Gasteiger partial charge in [-0.3, -0.25) is 9.59 Å². The molecule has 4 aliphatic carbocycles. The summed E-state index contributed by atoms with van der Waals surface area (Å²) in [6, 6.07) is 0.138. The van der Waals surface area contributed by atoms with Crippen LogP contribution >= 0.6 is 0 Å². The van der Waals surface area contributed by atoms with Crippen molar-refractivity contribution in [3.63, 3.8) is 0 Å². The van der Waals surface area contributed by atoms with E-state index in [9.17, 15) is 9.59 Å². The Morgan fingerprint density at radius 3 is 2.73 bits per heavy atom. The monoisotopic (exact) mass is 417 g/mol. The largest absolute Gasteiger partial charge is 0.394 e. The van der Waals surface area contributed by atoms with Gasteiger partial charge in [0.2, 0.25) is 5.91 Å². The van der Waals surface area contributed by atoms with E-state index >= 15 is 0 Å². The molecule has 168 valence electrons. The van der Waals surface area contributed by atoms with Gasteiger partial charge in [-0.05, 0) is 73.5 Å². The van der Waals surface area contributed by atoms with E-state index in [1.54, 1.807) is 6.92 Å². The molecule has 0 heterocycles. The van der Waals surface area contributed by atoms with E-state index in [1.165, 1.54) is 0 Å². The van der Waals surface area contributed by atoms with Gasteiger partial charge in [0.05, 0.1) is 5.71 Å². The predicted octanol–water partition coefficient (Wildman–Crippen LogP) is 3.29. The zero-order chi connectivity index (χ0) is 21.7. The number of oxime groups is 1. The third-order valence-corrected chi connectivity index (χ3v) is 9.38. The lowest BCUT2D eigenvalue weighted by molar-refractivity contribution is -0.142. The molecule has 0 aromatic heterocycles. The van der Waals surface area contributed by atoms with E-state index in [2.05, 4.69) is 31.2 Å². The van der Waals surface area contributed by atoms with Gasteiger partial charge in [0.25, 0.3) is 0 Å². The summed E-state index contributed by atoms with van der Waals surface area (Å²) in [5, 5.41) is 7.75. The maximum Gasteiger partial charge on any atom is 0.217 e. The van der Waals surface area contributed by atoms with E-state index < -0.39 is 0 Å². The van der Waals surface area contributed by atoms with E-state index in [1.807, 2.05) is 0 Å². The van der Waals surface area contributed by atoms with E-state index in [0.29, 0.717) is 48.5 Å². The summed E-state index contributed by atoms with van der Waals surface area (Å²) >= 11 is 0. The number of ketones is 1. The van der Waals surface area contributed by atoms with Crippen molar-refractivity contribution in [1.29, 1.82) is 0 Å². The van der Waals surface area contributed by atoms with Crippen LogP contribution in [0.1, 0.15) is 72.6 Å². The van der Waals surface area contributed by atoms with Crippen LogP contribution in [0, 0.1) is 40.4 Å². The third-order valence-electron chi connectivity index (χ3n) is 9.38. The van der Waals surface area contributed by atoms with Crippen LogP contribution in [0.3, 0.4) is 0 Å². The zero-order valence-corrected chi connectivity index (χ0v) is 19.1. The fourth-order valence-electron chi connectivity index (χ4n) is 8.01. The summed E-state index contributed by atoms with van der Waals surface area (Å²) < 4.78 is 0. The second-order valence-corrected chi connectivity index (χ2v) is 11.0. The molecule has 0 aromatic rings. The predicted molar refractivity (Wildman–Crippen MR) is 117 cm³/mol. The number of Topliss-reactive ketones (excluding diaryl/α,β-unsaturated/α-hetero) is 1. The highest BCUT2D eigenvalue weighted by atomic mass is 16.6. The van der Waals surface area contributed by atoms with Crippen LogP contribution in [0.15, 0.2) is 5.16 Å². The second kappa shape index (κ2) is 7.92. The Morgan fingerprint density at radius 2 is 2.03 bits per heavy atom. The SMILES string of the molecule is CC(=O)N[C@H]1C[C@@H]2[C@H](CC[C@]3(C)C(=O)CC[C@@H]23)[C@@]2(C)CC(C)C(=NOCCN)CC12. The van der Waals surface area contributed by atoms with Crippen molar-refractivity contribution in [1.82, 2.24) is 5.32 Å². The first-order chi connectivity index (χ1) is 14.2. The van der Waals surface area contributed by atoms with Gasteiger partial charge in [-0.2, -0.15) is 0 Å². The van der Waals surface area contributed by atoms with Crippen molar-refractivity contribution < 1.29 is 14.4 Å². The Hall–Kier alpha value is -1.43. The summed E-state index contributed by atoms with van der Waals surface area (Å²) in [5.41, 5.74) is 6.66. The van der Waals surface area contributed by atoms with Gasteiger partial charge in [-0.25, -0.2) is 0 Å². The van der Waals surface area contributed by atoms with Crippen molar-refractivity contribution in [2.75, 3.05) is 13.2 Å². The molecule has 4 aliphatic rings. The Labute approximate surface area is 180 Å². The van der Waals surface area contributed by atoms with E-state index in [0.717, 1.165) is 50.7 Å². The van der Waals surface area contributed by atoms with Crippen LogP contribution in [0.25, 0.3) is 0 Å². The molecule has 0 saturated heterocycles. The lowest BCUT2D eigenvalue weighted by atomic mass is 9.43. The molecule has 1 amide bonds. The fourth-order valence-corrected chi connectivity index (χ4v) is 8.01. The van der Waals surface area contributed by atoms with Gasteiger partial charge in [-0.15, -0.1) is 0 Å². The van der Waals surface area contributed by atoms with Crippen molar-refractivity contribution in [3.8, 4) is 0 Å². The van der Waals surface area contributed by atoms with Gasteiger partial charge < -0.3 is 15.9 Å². The molecule has 4 rings (SSSR count). The molecule has 30 heavy (non-hydrogen) atoms. The van der Waals surface area contributed by atoms with E-state index in [-0.39, 0.29) is 22.8 Å². The molecular weight excluding hydrogens is 378 g/mol. The van der Waals surface area contributed by atoms with Crippen LogP contribution in [0.2, 0.25) is 0 Å². The summed E-state index contributed by atoms with van der Waals surface area (Å²) in [7, 11) is 0. The molecule has 0 aliphatic heterocycles. The van der Waals surface area contributed by atoms with Crippen LogP contribution in [-0.2, 0) is 14.4 Å². The molecule has 4 saturated carbocycles. The summed E-state index contributed by atoms with van der Waals surface area (Å²) in [5.74, 6) is 2.84. The Balaban J connectivity index is 1.66. The molecule has 0 bridgehead atoms. The van der Waals surface area contributed by atoms with Gasteiger partial charge in [0, 0.05) is 31.3 Å². The van der Waals surface area contributed by atoms with Crippen LogP contribution < -0.4 is 11.1 Å². The molecule has 8 atom stereocenters. The van der Waals surface area contributed by atoms with Crippen molar-refractivity contribution >= 4 is 17.4 Å². The topological polar surface area (TPSA) is 93.8 Å². The molecule has 2 unspecified atom stereocenters. The number of amides is 1. The van der Waals surface area contributed by atoms with Crippen LogP contribution in [0.5, 0.6) is 0 Å². The molecule has 4 fully saturated rings. The number of hydrogen-bond acceptors (Lipinski definition) is 5. The van der Waals surface area contributed by atoms with Gasteiger partial charge in [0.15, 0.2) is 0 Å². The first-order valence-electron chi connectivity index (χ1n) is 11.9. The maximum atomic E-state index is 12.7. The lowest BCUT2D eigenvalue weighted by Crippen LogP contribution is -2.62. The van der Waals surface area contributed by atoms with Gasteiger partial charge in [0.1, 0.15) is 12.4 Å². The second-order valence-electron chi connectivity index (χ2n) is 11.0. The lowest BCUT2D eigenvalue weighted by Gasteiger charge is -2.62. The number of hydrogen-bond donors (Lipinski definition) is 2. The molecule has 0 radical (unpaired) electrons. The highest BCUT2D eigenvalue weighted by Crippen LogP contribution is 2.65. The smallest absolute Gasteiger partial charge is 0.217 e. The van der Waals surface area contributed by atoms with Crippen LogP contribution in [0.4, 0.5) is 0 Å². The number of nitrogens with one attached hydrogen (secondary N) is 1. The number of fused-ring (bicyclic) bond motifs is 5. The minimum absolute atomic E-state index is 0.0401. The quantitative estimate of drug-likeness (QED) is 0.542. The highest BCUT2D eigenvalue weighted by Gasteiger charge is 2.62. The molecule has 0 spiro atoms. The minimum Gasteiger partial charge on any atom is -0.394 e. The van der Waals surface area contributed by atoms with Crippen LogP contribution in [-0.4, -0.2) is 36.6 Å². The molecular formula is C24H39N3O3.